The SMILES string of the molecule is NC(=O)C1CCCN(Cc2ccc(NC(=O)c3cc4cccnc4[nH]3)cc2)C1. The quantitative estimate of drug-likeness (QED) is 0.635. The molecule has 3 aromatic rings. The van der Waals surface area contributed by atoms with Crippen LogP contribution in [-0.4, -0.2) is 39.8 Å². The van der Waals surface area contributed by atoms with Gasteiger partial charge in [0.25, 0.3) is 5.91 Å². The summed E-state index contributed by atoms with van der Waals surface area (Å²) < 4.78 is 0. The van der Waals surface area contributed by atoms with Crippen LogP contribution in [0.15, 0.2) is 48.7 Å². The third-order valence-electron chi connectivity index (χ3n) is 5.16. The molecule has 1 fully saturated rings. The molecule has 7 nitrogen and oxygen atoms in total. The number of aromatic amines is 1. The number of amides is 2. The van der Waals surface area contributed by atoms with E-state index in [0.29, 0.717) is 17.9 Å². The van der Waals surface area contributed by atoms with Crippen molar-refractivity contribution in [1.82, 2.24) is 14.9 Å². The summed E-state index contributed by atoms with van der Waals surface area (Å²) in [5, 5.41) is 3.80. The van der Waals surface area contributed by atoms with Gasteiger partial charge in [-0.15, -0.1) is 0 Å². The first kappa shape index (κ1) is 18.2. The van der Waals surface area contributed by atoms with Gasteiger partial charge in [0.15, 0.2) is 0 Å². The van der Waals surface area contributed by atoms with Crippen LogP contribution in [0.4, 0.5) is 5.69 Å². The summed E-state index contributed by atoms with van der Waals surface area (Å²) in [5.41, 5.74) is 8.49. The number of nitrogens with zero attached hydrogens (tertiary/aromatic N) is 2. The molecule has 1 aliphatic heterocycles. The van der Waals surface area contributed by atoms with E-state index >= 15 is 0 Å². The van der Waals surface area contributed by atoms with Crippen molar-refractivity contribution in [2.75, 3.05) is 18.4 Å². The van der Waals surface area contributed by atoms with Gasteiger partial charge in [0.2, 0.25) is 5.91 Å². The van der Waals surface area contributed by atoms with Crippen LogP contribution >= 0.6 is 0 Å². The van der Waals surface area contributed by atoms with Crippen LogP contribution in [0, 0.1) is 5.92 Å². The lowest BCUT2D eigenvalue weighted by Crippen LogP contribution is -2.40. The molecule has 1 aliphatic rings. The standard InChI is InChI=1S/C21H23N5O2/c22-19(27)16-4-2-10-26(13-16)12-14-5-7-17(8-6-14)24-21(28)18-11-15-3-1-9-23-20(15)25-18/h1,3,5-9,11,16H,2,4,10,12-13H2,(H2,22,27)(H,23,25)(H,24,28). The number of carbonyl (C=O) groups is 2. The van der Waals surface area contributed by atoms with Crippen LogP contribution < -0.4 is 11.1 Å². The van der Waals surface area contributed by atoms with Crippen LogP contribution in [0.3, 0.4) is 0 Å². The van der Waals surface area contributed by atoms with Crippen LogP contribution in [0.1, 0.15) is 28.9 Å². The van der Waals surface area contributed by atoms with Crippen molar-refractivity contribution in [3.8, 4) is 0 Å². The van der Waals surface area contributed by atoms with Gasteiger partial charge in [-0.25, -0.2) is 4.98 Å². The lowest BCUT2D eigenvalue weighted by atomic mass is 9.97. The second-order valence-corrected chi connectivity index (χ2v) is 7.25. The van der Waals surface area contributed by atoms with Crippen molar-refractivity contribution in [1.29, 1.82) is 0 Å². The number of nitrogens with two attached hydrogens (primary N) is 1. The van der Waals surface area contributed by atoms with E-state index in [0.717, 1.165) is 42.6 Å². The molecule has 1 saturated heterocycles. The van der Waals surface area contributed by atoms with E-state index in [2.05, 4.69) is 20.2 Å². The predicted octanol–water partition coefficient (Wildman–Crippen LogP) is 2.51. The number of carbonyl (C=O) groups excluding carboxylic acids is 2. The fourth-order valence-electron chi connectivity index (χ4n) is 3.66. The minimum absolute atomic E-state index is 0.0573. The van der Waals surface area contributed by atoms with Crippen LogP contribution in [0.5, 0.6) is 0 Å². The number of pyridine rings is 1. The number of hydrogen-bond donors (Lipinski definition) is 3. The minimum atomic E-state index is -0.213. The van der Waals surface area contributed by atoms with E-state index in [4.69, 9.17) is 5.73 Å². The van der Waals surface area contributed by atoms with Crippen LogP contribution in [0.25, 0.3) is 11.0 Å². The Kier molecular flexibility index (Phi) is 5.08. The number of fused-ring (bicyclic) bond motifs is 1. The first-order valence-electron chi connectivity index (χ1n) is 9.44. The molecule has 1 aromatic carbocycles. The van der Waals surface area contributed by atoms with Crippen molar-refractivity contribution in [3.05, 3.63) is 59.9 Å². The van der Waals surface area contributed by atoms with Crippen molar-refractivity contribution in [2.24, 2.45) is 11.7 Å². The molecule has 1 atom stereocenters. The molecular formula is C21H23N5O2. The van der Waals surface area contributed by atoms with Gasteiger partial charge in [-0.1, -0.05) is 12.1 Å². The number of rotatable bonds is 5. The monoisotopic (exact) mass is 377 g/mol. The van der Waals surface area contributed by atoms with Gasteiger partial charge in [0.05, 0.1) is 5.92 Å². The molecule has 0 spiro atoms. The maximum atomic E-state index is 12.5. The highest BCUT2D eigenvalue weighted by molar-refractivity contribution is 6.05. The zero-order valence-corrected chi connectivity index (χ0v) is 15.5. The maximum Gasteiger partial charge on any atom is 0.272 e. The normalized spacial score (nSPS) is 17.5. The van der Waals surface area contributed by atoms with Crippen molar-refractivity contribution in [2.45, 2.75) is 19.4 Å². The number of hydrogen-bond acceptors (Lipinski definition) is 4. The van der Waals surface area contributed by atoms with Crippen molar-refractivity contribution in [3.63, 3.8) is 0 Å². The summed E-state index contributed by atoms with van der Waals surface area (Å²) in [6.45, 7) is 2.45. The molecular weight excluding hydrogens is 354 g/mol. The molecule has 28 heavy (non-hydrogen) atoms. The van der Waals surface area contributed by atoms with Crippen LogP contribution in [-0.2, 0) is 11.3 Å². The maximum absolute atomic E-state index is 12.5. The molecule has 0 bridgehead atoms. The molecule has 4 N–H and O–H groups in total. The Hall–Kier alpha value is -3.19. The summed E-state index contributed by atoms with van der Waals surface area (Å²) >= 11 is 0. The Morgan fingerprint density at radius 3 is 2.82 bits per heavy atom. The number of aromatic nitrogens is 2. The highest BCUT2D eigenvalue weighted by atomic mass is 16.2. The molecule has 2 aromatic heterocycles. The van der Waals surface area contributed by atoms with E-state index in [9.17, 15) is 9.59 Å². The smallest absolute Gasteiger partial charge is 0.272 e. The van der Waals surface area contributed by atoms with Gasteiger partial charge in [-0.2, -0.15) is 0 Å². The number of nitrogens with one attached hydrogen (secondary N) is 2. The number of likely N-dealkylation sites (tertiary alicyclic amines) is 1. The second kappa shape index (κ2) is 7.82. The van der Waals surface area contributed by atoms with Gasteiger partial charge in [0, 0.05) is 30.4 Å². The average Bonchev–Trinajstić information content (AvgIpc) is 3.14. The molecule has 144 valence electrons. The van der Waals surface area contributed by atoms with Gasteiger partial charge in [0.1, 0.15) is 11.3 Å². The van der Waals surface area contributed by atoms with Gasteiger partial charge in [-0.05, 0) is 55.3 Å². The van der Waals surface area contributed by atoms with E-state index in [1.807, 2.05) is 36.4 Å². The van der Waals surface area contributed by atoms with Gasteiger partial charge in [-0.3, -0.25) is 14.5 Å². The van der Waals surface area contributed by atoms with Crippen molar-refractivity contribution >= 4 is 28.5 Å². The molecule has 1 unspecified atom stereocenters. The van der Waals surface area contributed by atoms with Gasteiger partial charge >= 0.3 is 0 Å². The molecule has 3 heterocycles. The number of anilines is 1. The molecule has 2 amide bonds. The number of piperidine rings is 1. The molecule has 0 aliphatic carbocycles. The second-order valence-electron chi connectivity index (χ2n) is 7.25. The Bertz CT molecular complexity index is 962. The molecule has 4 rings (SSSR count). The number of benzene rings is 1. The summed E-state index contributed by atoms with van der Waals surface area (Å²) in [6, 6.07) is 13.3. The first-order valence-corrected chi connectivity index (χ1v) is 9.44. The van der Waals surface area contributed by atoms with Crippen molar-refractivity contribution < 1.29 is 9.59 Å². The Labute approximate surface area is 162 Å². The topological polar surface area (TPSA) is 104 Å². The Morgan fingerprint density at radius 2 is 2.07 bits per heavy atom. The highest BCUT2D eigenvalue weighted by Gasteiger charge is 2.23. The van der Waals surface area contributed by atoms with E-state index < -0.39 is 0 Å². The van der Waals surface area contributed by atoms with E-state index in [1.165, 1.54) is 0 Å². The Balaban J connectivity index is 1.37. The minimum Gasteiger partial charge on any atom is -0.369 e. The number of primary amides is 1. The number of H-pyrrole nitrogens is 1. The third kappa shape index (κ3) is 4.04. The van der Waals surface area contributed by atoms with Crippen LogP contribution in [0.2, 0.25) is 0 Å². The largest absolute Gasteiger partial charge is 0.369 e. The van der Waals surface area contributed by atoms with Gasteiger partial charge < -0.3 is 16.0 Å². The zero-order chi connectivity index (χ0) is 19.5. The highest BCUT2D eigenvalue weighted by Crippen LogP contribution is 2.20. The molecule has 0 saturated carbocycles. The predicted molar refractivity (Wildman–Crippen MR) is 108 cm³/mol. The first-order chi connectivity index (χ1) is 13.6. The van der Waals surface area contributed by atoms with E-state index in [1.54, 1.807) is 12.3 Å². The summed E-state index contributed by atoms with van der Waals surface area (Å²) in [4.78, 5) is 33.4. The Morgan fingerprint density at radius 1 is 1.25 bits per heavy atom. The molecule has 7 heteroatoms. The lowest BCUT2D eigenvalue weighted by Gasteiger charge is -2.31. The summed E-state index contributed by atoms with van der Waals surface area (Å²) in [7, 11) is 0. The third-order valence-corrected chi connectivity index (χ3v) is 5.16. The fraction of sp³-hybridized carbons (Fsp3) is 0.286. The summed E-state index contributed by atoms with van der Waals surface area (Å²) in [5.74, 6) is -0.473. The van der Waals surface area contributed by atoms with E-state index in [-0.39, 0.29) is 17.7 Å². The lowest BCUT2D eigenvalue weighted by molar-refractivity contribution is -0.123. The average molecular weight is 377 g/mol. The fourth-order valence-corrected chi connectivity index (χ4v) is 3.66. The summed E-state index contributed by atoms with van der Waals surface area (Å²) in [6.07, 6.45) is 3.55. The molecule has 0 radical (unpaired) electrons. The zero-order valence-electron chi connectivity index (χ0n) is 15.5.